The number of rotatable bonds is 6. The number of hydrogen-bond donors (Lipinski definition) is 0. The molecule has 0 unspecified atom stereocenters. The third-order valence-corrected chi connectivity index (χ3v) is 3.97. The van der Waals surface area contributed by atoms with E-state index in [0.29, 0.717) is 17.7 Å². The molecule has 4 nitrogen and oxygen atoms in total. The monoisotopic (exact) mass is 351 g/mol. The maximum Gasteiger partial charge on any atom is 0.253 e. The van der Waals surface area contributed by atoms with E-state index in [1.54, 1.807) is 50.5 Å². The van der Waals surface area contributed by atoms with Gasteiger partial charge in [-0.05, 0) is 56.7 Å². The molecule has 0 aliphatic carbocycles. The molecule has 136 valence electrons. The lowest BCUT2D eigenvalue weighted by Gasteiger charge is -2.12. The second-order valence-corrected chi connectivity index (χ2v) is 6.41. The van der Waals surface area contributed by atoms with E-state index in [0.717, 1.165) is 22.4 Å². The number of aryl methyl sites for hydroxylation is 2. The van der Waals surface area contributed by atoms with Crippen LogP contribution < -0.4 is 4.74 Å². The topological polar surface area (TPSA) is 46.6 Å². The Balaban J connectivity index is 2.23. The van der Waals surface area contributed by atoms with Crippen LogP contribution in [0.15, 0.2) is 42.5 Å². The van der Waals surface area contributed by atoms with Gasteiger partial charge in [0.2, 0.25) is 0 Å². The molecule has 2 rings (SSSR count). The number of benzene rings is 2. The Hall–Kier alpha value is -2.88. The molecule has 0 aromatic heterocycles. The number of ether oxygens (including phenoxy) is 1. The maximum absolute atomic E-state index is 12.4. The van der Waals surface area contributed by atoms with Crippen molar-refractivity contribution in [1.29, 1.82) is 0 Å². The van der Waals surface area contributed by atoms with E-state index in [1.165, 1.54) is 4.90 Å². The molecule has 0 heterocycles. The molecule has 0 aliphatic rings. The molecule has 0 saturated carbocycles. The van der Waals surface area contributed by atoms with E-state index < -0.39 is 0 Å². The first-order chi connectivity index (χ1) is 12.3. The first-order valence-corrected chi connectivity index (χ1v) is 8.61. The number of ketones is 1. The molecule has 0 bridgehead atoms. The summed E-state index contributed by atoms with van der Waals surface area (Å²) in [5, 5.41) is 0. The fourth-order valence-corrected chi connectivity index (χ4v) is 2.75. The fraction of sp³-hybridized carbons (Fsp3) is 0.273. The molecule has 0 aliphatic heterocycles. The van der Waals surface area contributed by atoms with Crippen molar-refractivity contribution in [2.45, 2.75) is 20.8 Å². The van der Waals surface area contributed by atoms with E-state index in [2.05, 4.69) is 6.07 Å². The summed E-state index contributed by atoms with van der Waals surface area (Å²) in [5.41, 5.74) is 4.15. The Morgan fingerprint density at radius 3 is 2.23 bits per heavy atom. The van der Waals surface area contributed by atoms with E-state index >= 15 is 0 Å². The predicted molar refractivity (Wildman–Crippen MR) is 105 cm³/mol. The molecule has 0 N–H and O–H groups in total. The molecule has 26 heavy (non-hydrogen) atoms. The summed E-state index contributed by atoms with van der Waals surface area (Å²) in [4.78, 5) is 25.9. The zero-order valence-electron chi connectivity index (χ0n) is 16.0. The van der Waals surface area contributed by atoms with Crippen LogP contribution in [0, 0.1) is 13.8 Å². The number of nitrogens with zero attached hydrogens (tertiary/aromatic N) is 1. The number of hydrogen-bond acceptors (Lipinski definition) is 3. The largest absolute Gasteiger partial charge is 0.493 e. The van der Waals surface area contributed by atoms with Gasteiger partial charge in [0, 0.05) is 30.8 Å². The van der Waals surface area contributed by atoms with Gasteiger partial charge in [-0.1, -0.05) is 23.8 Å². The quantitative estimate of drug-likeness (QED) is 0.576. The van der Waals surface area contributed by atoms with Crippen molar-refractivity contribution in [3.63, 3.8) is 0 Å². The number of amides is 1. The highest BCUT2D eigenvalue weighted by atomic mass is 16.5. The van der Waals surface area contributed by atoms with Crippen molar-refractivity contribution in [2.24, 2.45) is 0 Å². The van der Waals surface area contributed by atoms with Crippen molar-refractivity contribution >= 4 is 17.8 Å². The average molecular weight is 351 g/mol. The van der Waals surface area contributed by atoms with Gasteiger partial charge in [-0.25, -0.2) is 0 Å². The first kappa shape index (κ1) is 19.4. The summed E-state index contributed by atoms with van der Waals surface area (Å²) >= 11 is 0. The Morgan fingerprint density at radius 2 is 1.65 bits per heavy atom. The lowest BCUT2D eigenvalue weighted by atomic mass is 10.0. The highest BCUT2D eigenvalue weighted by Gasteiger charge is 2.10. The van der Waals surface area contributed by atoms with Crippen molar-refractivity contribution in [3.8, 4) is 5.75 Å². The third kappa shape index (κ3) is 4.60. The normalized spacial score (nSPS) is 10.8. The molecular formula is C22H25NO3. The van der Waals surface area contributed by atoms with Crippen LogP contribution >= 0.6 is 0 Å². The SMILES string of the molecule is CCOc1c(C)cc(C)cc1C=CC(=O)c1ccc(C(=O)N(C)C)cc1. The summed E-state index contributed by atoms with van der Waals surface area (Å²) in [5.74, 6) is 0.598. The van der Waals surface area contributed by atoms with Crippen LogP contribution in [-0.2, 0) is 0 Å². The molecule has 2 aromatic carbocycles. The van der Waals surface area contributed by atoms with E-state index in [4.69, 9.17) is 4.74 Å². The Morgan fingerprint density at radius 1 is 1.04 bits per heavy atom. The minimum Gasteiger partial charge on any atom is -0.493 e. The Labute approximate surface area is 155 Å². The Bertz CT molecular complexity index is 833. The van der Waals surface area contributed by atoms with Crippen LogP contribution in [0.3, 0.4) is 0 Å². The lowest BCUT2D eigenvalue weighted by Crippen LogP contribution is -2.21. The number of carbonyl (C=O) groups is 2. The summed E-state index contributed by atoms with van der Waals surface area (Å²) in [7, 11) is 3.40. The van der Waals surface area contributed by atoms with Crippen molar-refractivity contribution in [2.75, 3.05) is 20.7 Å². The molecule has 2 aromatic rings. The Kier molecular flexibility index (Phi) is 6.34. The highest BCUT2D eigenvalue weighted by Crippen LogP contribution is 2.27. The van der Waals surface area contributed by atoms with E-state index in [-0.39, 0.29) is 11.7 Å². The zero-order valence-corrected chi connectivity index (χ0v) is 16.0. The van der Waals surface area contributed by atoms with Gasteiger partial charge in [-0.2, -0.15) is 0 Å². The molecule has 0 fully saturated rings. The minimum atomic E-state index is -0.115. The van der Waals surface area contributed by atoms with E-state index in [9.17, 15) is 9.59 Å². The molecule has 4 heteroatoms. The van der Waals surface area contributed by atoms with Crippen molar-refractivity contribution < 1.29 is 14.3 Å². The van der Waals surface area contributed by atoms with Crippen LogP contribution in [0.5, 0.6) is 5.75 Å². The molecular weight excluding hydrogens is 326 g/mol. The minimum absolute atomic E-state index is 0.0869. The van der Waals surface area contributed by atoms with Gasteiger partial charge < -0.3 is 9.64 Å². The second-order valence-electron chi connectivity index (χ2n) is 6.41. The highest BCUT2D eigenvalue weighted by molar-refractivity contribution is 6.07. The van der Waals surface area contributed by atoms with Crippen LogP contribution in [0.1, 0.15) is 44.3 Å². The van der Waals surface area contributed by atoms with Gasteiger partial charge >= 0.3 is 0 Å². The zero-order chi connectivity index (χ0) is 19.3. The second kappa shape index (κ2) is 8.48. The van der Waals surface area contributed by atoms with Crippen LogP contribution in [0.4, 0.5) is 0 Å². The predicted octanol–water partition coefficient (Wildman–Crippen LogP) is 4.30. The van der Waals surface area contributed by atoms with Crippen LogP contribution in [-0.4, -0.2) is 37.3 Å². The third-order valence-electron chi connectivity index (χ3n) is 3.97. The van der Waals surface area contributed by atoms with Gasteiger partial charge in [-0.3, -0.25) is 9.59 Å². The summed E-state index contributed by atoms with van der Waals surface area (Å²) in [6.07, 6.45) is 3.33. The number of allylic oxidation sites excluding steroid dienone is 1. The van der Waals surface area contributed by atoms with Crippen molar-refractivity contribution in [1.82, 2.24) is 4.90 Å². The fourth-order valence-electron chi connectivity index (χ4n) is 2.75. The van der Waals surface area contributed by atoms with Gasteiger partial charge in [0.15, 0.2) is 5.78 Å². The smallest absolute Gasteiger partial charge is 0.253 e. The van der Waals surface area contributed by atoms with Crippen molar-refractivity contribution in [3.05, 3.63) is 70.3 Å². The maximum atomic E-state index is 12.4. The molecule has 0 atom stereocenters. The van der Waals surface area contributed by atoms with Gasteiger partial charge in [0.25, 0.3) is 5.91 Å². The lowest BCUT2D eigenvalue weighted by molar-refractivity contribution is 0.0827. The summed E-state index contributed by atoms with van der Waals surface area (Å²) < 4.78 is 5.72. The molecule has 1 amide bonds. The molecule has 0 spiro atoms. The van der Waals surface area contributed by atoms with Gasteiger partial charge in [0.05, 0.1) is 6.61 Å². The van der Waals surface area contributed by atoms with Crippen LogP contribution in [0.25, 0.3) is 6.08 Å². The summed E-state index contributed by atoms with van der Waals surface area (Å²) in [6, 6.07) is 10.8. The summed E-state index contributed by atoms with van der Waals surface area (Å²) in [6.45, 7) is 6.52. The van der Waals surface area contributed by atoms with Gasteiger partial charge in [-0.15, -0.1) is 0 Å². The average Bonchev–Trinajstić information content (AvgIpc) is 2.61. The molecule has 0 radical (unpaired) electrons. The molecule has 0 saturated heterocycles. The first-order valence-electron chi connectivity index (χ1n) is 8.61. The van der Waals surface area contributed by atoms with Gasteiger partial charge in [0.1, 0.15) is 5.75 Å². The van der Waals surface area contributed by atoms with E-state index in [1.807, 2.05) is 26.8 Å². The number of carbonyl (C=O) groups excluding carboxylic acids is 2. The standard InChI is InChI=1S/C22H25NO3/c1-6-26-21-16(3)13-15(2)14-19(21)11-12-20(24)17-7-9-18(10-8-17)22(25)23(4)5/h7-14H,6H2,1-5H3. The van der Waals surface area contributed by atoms with Crippen LogP contribution in [0.2, 0.25) is 0 Å².